The van der Waals surface area contributed by atoms with Crippen molar-refractivity contribution in [2.75, 3.05) is 0 Å². The second kappa shape index (κ2) is 12.1. The van der Waals surface area contributed by atoms with Gasteiger partial charge in [-0.25, -0.2) is 0 Å². The number of aliphatic hydroxyl groups is 2. The van der Waals surface area contributed by atoms with Crippen LogP contribution in [0.5, 0.6) is 0 Å². The Balaban J connectivity index is 0.000000161. The number of hydrogen-bond donors (Lipinski definition) is 2. The molecule has 6 rings (SSSR count). The maximum Gasteiger partial charge on any atom is 0.169 e. The zero-order chi connectivity index (χ0) is 28.0. The molecule has 4 aromatic rings. The molecule has 0 heterocycles. The maximum atomic E-state index is 12.7. The van der Waals surface area contributed by atoms with Gasteiger partial charge in [-0.15, -0.1) is 0 Å². The van der Waals surface area contributed by atoms with Gasteiger partial charge in [0.2, 0.25) is 0 Å². The summed E-state index contributed by atoms with van der Waals surface area (Å²) in [6, 6.07) is 37.7. The fraction of sp³-hybridized carbons (Fsp3) is 0.278. The minimum atomic E-state index is -1.02. The van der Waals surface area contributed by atoms with E-state index in [1.54, 1.807) is 0 Å². The Hall–Kier alpha value is -3.86. The van der Waals surface area contributed by atoms with Crippen molar-refractivity contribution in [3.8, 4) is 0 Å². The molecule has 204 valence electrons. The van der Waals surface area contributed by atoms with Gasteiger partial charge in [0.05, 0.1) is 23.0 Å². The predicted molar refractivity (Wildman–Crippen MR) is 157 cm³/mol. The normalized spacial score (nSPS) is 25.6. The molecule has 2 aliphatic rings. The number of carbonyl (C=O) groups is 2. The van der Waals surface area contributed by atoms with Gasteiger partial charge in [-0.3, -0.25) is 9.59 Å². The fourth-order valence-electron chi connectivity index (χ4n) is 6.43. The third kappa shape index (κ3) is 5.56. The molecule has 4 heteroatoms. The molecule has 40 heavy (non-hydrogen) atoms. The second-order valence-corrected chi connectivity index (χ2v) is 10.9. The quantitative estimate of drug-likeness (QED) is 0.260. The highest BCUT2D eigenvalue weighted by Crippen LogP contribution is 2.46. The molecular weight excluding hydrogens is 496 g/mol. The molecule has 4 aromatic carbocycles. The predicted octanol–water partition coefficient (Wildman–Crippen LogP) is 7.11. The Bertz CT molecular complexity index is 1290. The van der Waals surface area contributed by atoms with Crippen LogP contribution in [0.2, 0.25) is 0 Å². The van der Waals surface area contributed by atoms with Crippen LogP contribution in [0.3, 0.4) is 0 Å². The van der Waals surface area contributed by atoms with Gasteiger partial charge in [-0.05, 0) is 49.7 Å². The van der Waals surface area contributed by atoms with Crippen molar-refractivity contribution in [1.82, 2.24) is 0 Å². The molecule has 4 atom stereocenters. The van der Waals surface area contributed by atoms with Crippen molar-refractivity contribution in [1.29, 1.82) is 0 Å². The van der Waals surface area contributed by atoms with E-state index in [1.807, 2.05) is 121 Å². The van der Waals surface area contributed by atoms with Crippen molar-refractivity contribution >= 4 is 11.6 Å². The van der Waals surface area contributed by atoms with Gasteiger partial charge < -0.3 is 10.2 Å². The van der Waals surface area contributed by atoms with E-state index in [-0.39, 0.29) is 23.4 Å². The summed E-state index contributed by atoms with van der Waals surface area (Å²) in [5, 5.41) is 22.1. The SMILES string of the molecule is O=C(c1ccccc1)[C@H]1CCC[C@]1(O)c1ccccc1.O=C(c1ccccc1)[C@H]1CCC[C@]1(O)c1ccccc1. The molecule has 0 aliphatic heterocycles. The largest absolute Gasteiger partial charge is 0.384 e. The summed E-state index contributed by atoms with van der Waals surface area (Å²) >= 11 is 0. The minimum Gasteiger partial charge on any atom is -0.384 e. The number of carbonyl (C=O) groups excluding carboxylic acids is 2. The smallest absolute Gasteiger partial charge is 0.169 e. The Morgan fingerprint density at radius 2 is 0.800 bits per heavy atom. The number of rotatable bonds is 6. The Morgan fingerprint density at radius 3 is 1.12 bits per heavy atom. The molecule has 4 nitrogen and oxygen atoms in total. The van der Waals surface area contributed by atoms with Gasteiger partial charge in [0.25, 0.3) is 0 Å². The first kappa shape index (κ1) is 27.7. The zero-order valence-corrected chi connectivity index (χ0v) is 22.7. The number of Topliss-reactive ketones (excluding diaryl/α,β-unsaturated/α-hetero) is 2. The lowest BCUT2D eigenvalue weighted by atomic mass is 9.80. The summed E-state index contributed by atoms with van der Waals surface area (Å²) in [6.07, 6.45) is 4.57. The van der Waals surface area contributed by atoms with Crippen LogP contribution >= 0.6 is 0 Å². The van der Waals surface area contributed by atoms with Gasteiger partial charge >= 0.3 is 0 Å². The summed E-state index contributed by atoms with van der Waals surface area (Å²) in [7, 11) is 0. The van der Waals surface area contributed by atoms with E-state index in [1.165, 1.54) is 0 Å². The summed E-state index contributed by atoms with van der Waals surface area (Å²) in [5.74, 6) is -0.580. The molecule has 0 aromatic heterocycles. The standard InChI is InChI=1S/2C18H18O2/c2*19-17(14-8-3-1-4-9-14)16-12-7-13-18(16,20)15-10-5-2-6-11-15/h2*1-6,8-11,16,20H,7,12-13H2/t2*16-,18+/m11/s1. The minimum absolute atomic E-state index is 0.0504. The number of benzene rings is 4. The zero-order valence-electron chi connectivity index (χ0n) is 22.7. The highest BCUT2D eigenvalue weighted by Gasteiger charge is 2.47. The fourth-order valence-corrected chi connectivity index (χ4v) is 6.43. The highest BCUT2D eigenvalue weighted by atomic mass is 16.3. The van der Waals surface area contributed by atoms with E-state index in [4.69, 9.17) is 0 Å². The van der Waals surface area contributed by atoms with Crippen LogP contribution in [-0.2, 0) is 11.2 Å². The summed E-state index contributed by atoms with van der Waals surface area (Å²) in [4.78, 5) is 25.4. The van der Waals surface area contributed by atoms with Crippen LogP contribution in [-0.4, -0.2) is 21.8 Å². The number of ketones is 2. The second-order valence-electron chi connectivity index (χ2n) is 10.9. The molecule has 0 saturated heterocycles. The van der Waals surface area contributed by atoms with E-state index in [0.717, 1.165) is 36.8 Å². The average molecular weight is 533 g/mol. The molecule has 0 amide bonds. The lowest BCUT2D eigenvalue weighted by Gasteiger charge is -2.29. The van der Waals surface area contributed by atoms with Crippen LogP contribution in [0.1, 0.15) is 70.4 Å². The maximum absolute atomic E-state index is 12.7. The summed E-state index contributed by atoms with van der Waals surface area (Å²) < 4.78 is 0. The molecule has 2 fully saturated rings. The lowest BCUT2D eigenvalue weighted by molar-refractivity contribution is 0.00234. The van der Waals surface area contributed by atoms with Crippen LogP contribution in [0.25, 0.3) is 0 Å². The van der Waals surface area contributed by atoms with E-state index < -0.39 is 11.2 Å². The summed E-state index contributed by atoms with van der Waals surface area (Å²) in [5.41, 5.74) is 1.05. The van der Waals surface area contributed by atoms with Crippen molar-refractivity contribution in [2.45, 2.75) is 49.7 Å². The molecule has 0 bridgehead atoms. The lowest BCUT2D eigenvalue weighted by Crippen LogP contribution is -2.35. The van der Waals surface area contributed by atoms with Gasteiger partial charge in [-0.2, -0.15) is 0 Å². The van der Waals surface area contributed by atoms with Crippen LogP contribution in [0, 0.1) is 11.8 Å². The van der Waals surface area contributed by atoms with E-state index in [2.05, 4.69) is 0 Å². The van der Waals surface area contributed by atoms with Crippen LogP contribution < -0.4 is 0 Å². The van der Waals surface area contributed by atoms with Crippen molar-refractivity contribution in [3.05, 3.63) is 144 Å². The third-order valence-electron chi connectivity index (χ3n) is 8.55. The monoisotopic (exact) mass is 532 g/mol. The molecule has 0 spiro atoms. The molecule has 2 N–H and O–H groups in total. The molecule has 2 aliphatic carbocycles. The first-order valence-corrected chi connectivity index (χ1v) is 14.2. The van der Waals surface area contributed by atoms with Crippen molar-refractivity contribution in [3.63, 3.8) is 0 Å². The van der Waals surface area contributed by atoms with Crippen LogP contribution in [0.4, 0.5) is 0 Å². The first-order valence-electron chi connectivity index (χ1n) is 14.2. The van der Waals surface area contributed by atoms with E-state index in [9.17, 15) is 19.8 Å². The van der Waals surface area contributed by atoms with E-state index in [0.29, 0.717) is 24.0 Å². The van der Waals surface area contributed by atoms with Gasteiger partial charge in [0.1, 0.15) is 0 Å². The highest BCUT2D eigenvalue weighted by molar-refractivity contribution is 5.99. The Labute approximate surface area is 236 Å². The first-order chi connectivity index (χ1) is 19.4. The summed E-state index contributed by atoms with van der Waals surface area (Å²) in [6.45, 7) is 0. The van der Waals surface area contributed by atoms with Gasteiger partial charge in [0, 0.05) is 11.1 Å². The van der Waals surface area contributed by atoms with Crippen LogP contribution in [0.15, 0.2) is 121 Å². The van der Waals surface area contributed by atoms with E-state index >= 15 is 0 Å². The molecule has 0 radical (unpaired) electrons. The Kier molecular flexibility index (Phi) is 8.39. The Morgan fingerprint density at radius 1 is 0.500 bits per heavy atom. The van der Waals surface area contributed by atoms with Gasteiger partial charge in [-0.1, -0.05) is 121 Å². The number of hydrogen-bond acceptors (Lipinski definition) is 4. The van der Waals surface area contributed by atoms with Crippen molar-refractivity contribution in [2.24, 2.45) is 11.8 Å². The third-order valence-corrected chi connectivity index (χ3v) is 8.55. The molecular formula is C36H36O4. The topological polar surface area (TPSA) is 74.6 Å². The van der Waals surface area contributed by atoms with Gasteiger partial charge in [0.15, 0.2) is 11.6 Å². The molecule has 0 unspecified atom stereocenters. The van der Waals surface area contributed by atoms with Crippen molar-refractivity contribution < 1.29 is 19.8 Å². The average Bonchev–Trinajstić information content (AvgIpc) is 3.62. The molecule has 2 saturated carbocycles.